The van der Waals surface area contributed by atoms with E-state index in [4.69, 9.17) is 5.21 Å². The molecule has 1 aromatic heterocycles. The minimum Gasteiger partial charge on any atom is -1.00 e. The molecule has 0 saturated heterocycles. The first-order valence-corrected chi connectivity index (χ1v) is 11.0. The van der Waals surface area contributed by atoms with E-state index in [0.717, 1.165) is 12.3 Å². The second-order valence-electron chi connectivity index (χ2n) is 7.76. The van der Waals surface area contributed by atoms with Gasteiger partial charge in [0.1, 0.15) is 18.9 Å². The lowest BCUT2D eigenvalue weighted by Gasteiger charge is -2.03. The third-order valence-corrected chi connectivity index (χ3v) is 5.10. The zero-order chi connectivity index (χ0) is 18.9. The van der Waals surface area contributed by atoms with E-state index in [-0.39, 0.29) is 17.0 Å². The molecule has 0 atom stereocenters. The fraction of sp³-hybridized carbons (Fsp3) is 0.818. The number of imidazole rings is 1. The second kappa shape index (κ2) is 18.5. The Balaban J connectivity index is 0.00000676. The zero-order valence-corrected chi connectivity index (χ0v) is 19.3. The first-order valence-electron chi connectivity index (χ1n) is 11.0. The molecule has 0 aliphatic rings. The molecule has 27 heavy (non-hydrogen) atoms. The Morgan fingerprint density at radius 3 is 1.81 bits per heavy atom. The lowest BCUT2D eigenvalue weighted by Crippen LogP contribution is -3.00. The maximum Gasteiger partial charge on any atom is 0.244 e. The molecule has 1 heterocycles. The molecular formula is C22H42BrN3O. The number of rotatable bonds is 17. The van der Waals surface area contributed by atoms with Crippen LogP contribution in [0.15, 0.2) is 23.9 Å². The Morgan fingerprint density at radius 2 is 1.33 bits per heavy atom. The van der Waals surface area contributed by atoms with Crippen LogP contribution in [-0.4, -0.2) is 15.5 Å². The van der Waals surface area contributed by atoms with Gasteiger partial charge in [-0.1, -0.05) is 89.1 Å². The molecule has 1 N–H and O–H groups in total. The summed E-state index contributed by atoms with van der Waals surface area (Å²) in [7, 11) is 0. The molecule has 0 bridgehead atoms. The lowest BCUT2D eigenvalue weighted by atomic mass is 10.0. The van der Waals surface area contributed by atoms with Crippen molar-refractivity contribution < 1.29 is 26.8 Å². The van der Waals surface area contributed by atoms with Crippen molar-refractivity contribution in [1.29, 1.82) is 0 Å². The molecule has 0 fully saturated rings. The zero-order valence-electron chi connectivity index (χ0n) is 17.7. The lowest BCUT2D eigenvalue weighted by molar-refractivity contribution is -0.681. The fourth-order valence-corrected chi connectivity index (χ4v) is 3.45. The Kier molecular flexibility index (Phi) is 17.9. The summed E-state index contributed by atoms with van der Waals surface area (Å²) < 4.78 is 4.28. The van der Waals surface area contributed by atoms with Gasteiger partial charge in [0, 0.05) is 0 Å². The molecule has 1 rings (SSSR count). The van der Waals surface area contributed by atoms with E-state index in [9.17, 15) is 0 Å². The molecule has 0 saturated carbocycles. The van der Waals surface area contributed by atoms with Crippen molar-refractivity contribution in [1.82, 2.24) is 4.57 Å². The molecule has 158 valence electrons. The van der Waals surface area contributed by atoms with E-state index in [0.29, 0.717) is 6.54 Å². The predicted molar refractivity (Wildman–Crippen MR) is 110 cm³/mol. The summed E-state index contributed by atoms with van der Waals surface area (Å²) in [6.07, 6.45) is 25.9. The SMILES string of the molecule is CCCCCCCCCCCCCCCCn1cc[n+](CC(C)=NO)c1.[Br-]. The summed E-state index contributed by atoms with van der Waals surface area (Å²) in [5, 5.41) is 11.9. The van der Waals surface area contributed by atoms with E-state index in [2.05, 4.69) is 33.7 Å². The first kappa shape index (κ1) is 26.2. The largest absolute Gasteiger partial charge is 1.00 e. The summed E-state index contributed by atoms with van der Waals surface area (Å²) in [5.41, 5.74) is 0.726. The highest BCUT2D eigenvalue weighted by Crippen LogP contribution is 2.13. The predicted octanol–water partition coefficient (Wildman–Crippen LogP) is 3.11. The van der Waals surface area contributed by atoms with Crippen molar-refractivity contribution in [3.8, 4) is 0 Å². The minimum absolute atomic E-state index is 0. The van der Waals surface area contributed by atoms with Crippen LogP contribution in [0.5, 0.6) is 0 Å². The maximum absolute atomic E-state index is 8.71. The van der Waals surface area contributed by atoms with Gasteiger partial charge in [-0.05, 0) is 19.8 Å². The van der Waals surface area contributed by atoms with Crippen molar-refractivity contribution in [2.24, 2.45) is 5.16 Å². The topological polar surface area (TPSA) is 41.4 Å². The Labute approximate surface area is 177 Å². The van der Waals surface area contributed by atoms with Crippen LogP contribution >= 0.6 is 0 Å². The van der Waals surface area contributed by atoms with E-state index in [1.807, 2.05) is 13.1 Å². The monoisotopic (exact) mass is 443 g/mol. The number of aromatic nitrogens is 2. The molecule has 0 radical (unpaired) electrons. The third kappa shape index (κ3) is 14.8. The van der Waals surface area contributed by atoms with E-state index in [1.54, 1.807) is 0 Å². The van der Waals surface area contributed by atoms with Crippen LogP contribution < -0.4 is 21.5 Å². The molecule has 1 aromatic rings. The van der Waals surface area contributed by atoms with Crippen molar-refractivity contribution >= 4 is 5.71 Å². The molecule has 4 nitrogen and oxygen atoms in total. The van der Waals surface area contributed by atoms with Gasteiger partial charge in [0.15, 0.2) is 0 Å². The normalized spacial score (nSPS) is 11.6. The number of oxime groups is 1. The standard InChI is InChI=1S/C22H41N3O.BrH/c1-3-4-5-6-7-8-9-10-11-12-13-14-15-16-17-24-18-19-25(21-24)20-22(2)23-26;/h18-19,21H,3-17,20H2,1-2H3;1H. The molecule has 0 unspecified atom stereocenters. The number of nitrogens with zero attached hydrogens (tertiary/aromatic N) is 3. The number of aryl methyl sites for hydroxylation is 1. The van der Waals surface area contributed by atoms with Gasteiger partial charge in [0.2, 0.25) is 6.33 Å². The fourth-order valence-electron chi connectivity index (χ4n) is 3.45. The minimum atomic E-state index is 0. The van der Waals surface area contributed by atoms with Crippen molar-refractivity contribution in [2.45, 2.75) is 117 Å². The molecule has 0 aromatic carbocycles. The highest BCUT2D eigenvalue weighted by Gasteiger charge is 2.05. The molecule has 0 spiro atoms. The third-order valence-electron chi connectivity index (χ3n) is 5.10. The average molecular weight is 445 g/mol. The summed E-state index contributed by atoms with van der Waals surface area (Å²) in [6, 6.07) is 0. The average Bonchev–Trinajstić information content (AvgIpc) is 3.09. The number of hydrogen-bond donors (Lipinski definition) is 1. The number of halogens is 1. The highest BCUT2D eigenvalue weighted by atomic mass is 79.9. The highest BCUT2D eigenvalue weighted by molar-refractivity contribution is 5.79. The van der Waals surface area contributed by atoms with Crippen molar-refractivity contribution in [2.75, 3.05) is 0 Å². The maximum atomic E-state index is 8.71. The van der Waals surface area contributed by atoms with Crippen LogP contribution in [0.4, 0.5) is 0 Å². The number of hydrogen-bond acceptors (Lipinski definition) is 2. The van der Waals surface area contributed by atoms with Crippen molar-refractivity contribution in [3.63, 3.8) is 0 Å². The summed E-state index contributed by atoms with van der Waals surface area (Å²) >= 11 is 0. The molecular weight excluding hydrogens is 402 g/mol. The van der Waals surface area contributed by atoms with Gasteiger partial charge in [-0.25, -0.2) is 9.13 Å². The summed E-state index contributed by atoms with van der Waals surface area (Å²) in [4.78, 5) is 0. The van der Waals surface area contributed by atoms with E-state index in [1.165, 1.54) is 89.9 Å². The van der Waals surface area contributed by atoms with E-state index >= 15 is 0 Å². The first-order chi connectivity index (χ1) is 12.8. The summed E-state index contributed by atoms with van der Waals surface area (Å²) in [6.45, 7) is 5.85. The van der Waals surface area contributed by atoms with Crippen molar-refractivity contribution in [3.05, 3.63) is 18.7 Å². The van der Waals surface area contributed by atoms with Gasteiger partial charge in [-0.15, -0.1) is 0 Å². The van der Waals surface area contributed by atoms with Gasteiger partial charge in [-0.2, -0.15) is 0 Å². The quantitative estimate of drug-likeness (QED) is 0.130. The van der Waals surface area contributed by atoms with Gasteiger partial charge in [0.05, 0.1) is 12.3 Å². The van der Waals surface area contributed by atoms with Gasteiger partial charge in [0.25, 0.3) is 0 Å². The summed E-state index contributed by atoms with van der Waals surface area (Å²) in [5.74, 6) is 0. The Hall–Kier alpha value is -0.840. The number of unbranched alkanes of at least 4 members (excludes halogenated alkanes) is 13. The van der Waals surface area contributed by atoms with Gasteiger partial charge in [-0.3, -0.25) is 0 Å². The van der Waals surface area contributed by atoms with E-state index < -0.39 is 0 Å². The molecule has 5 heteroatoms. The van der Waals surface area contributed by atoms with Crippen LogP contribution in [0, 0.1) is 0 Å². The molecule has 0 aliphatic heterocycles. The van der Waals surface area contributed by atoms with Crippen LogP contribution in [-0.2, 0) is 13.1 Å². The molecule has 0 amide bonds. The van der Waals surface area contributed by atoms with Gasteiger partial charge >= 0.3 is 0 Å². The van der Waals surface area contributed by atoms with Crippen LogP contribution in [0.2, 0.25) is 0 Å². The molecule has 0 aliphatic carbocycles. The van der Waals surface area contributed by atoms with Crippen LogP contribution in [0.25, 0.3) is 0 Å². The Bertz CT molecular complexity index is 474. The smallest absolute Gasteiger partial charge is 0.244 e. The second-order valence-corrected chi connectivity index (χ2v) is 7.76. The van der Waals surface area contributed by atoms with Crippen LogP contribution in [0.3, 0.4) is 0 Å². The Morgan fingerprint density at radius 1 is 0.852 bits per heavy atom. The van der Waals surface area contributed by atoms with Gasteiger partial charge < -0.3 is 22.2 Å². The van der Waals surface area contributed by atoms with Crippen LogP contribution in [0.1, 0.15) is 104 Å².